The SMILES string of the molecule is C#CC(CN)c1[nH]c(F)nc1F. The summed E-state index contributed by atoms with van der Waals surface area (Å²) in [5.41, 5.74) is 5.14. The standard InChI is InChI=1S/C7H7F2N3/c1-2-4(3-10)5-6(8)12-7(9)11-5/h1,4H,3,10H2,(H,11,12). The van der Waals surface area contributed by atoms with Crippen LogP contribution in [0.15, 0.2) is 0 Å². The van der Waals surface area contributed by atoms with Crippen LogP contribution in [0.2, 0.25) is 0 Å². The molecule has 0 amide bonds. The van der Waals surface area contributed by atoms with Crippen molar-refractivity contribution in [3.05, 3.63) is 17.7 Å². The maximum Gasteiger partial charge on any atom is 0.289 e. The molecule has 1 aromatic rings. The zero-order valence-electron chi connectivity index (χ0n) is 6.14. The van der Waals surface area contributed by atoms with Crippen molar-refractivity contribution in [3.8, 4) is 12.3 Å². The van der Waals surface area contributed by atoms with Gasteiger partial charge in [-0.05, 0) is 0 Å². The van der Waals surface area contributed by atoms with Crippen molar-refractivity contribution in [2.75, 3.05) is 6.54 Å². The third-order valence-electron chi connectivity index (χ3n) is 1.44. The number of nitrogens with zero attached hydrogens (tertiary/aromatic N) is 1. The van der Waals surface area contributed by atoms with Crippen molar-refractivity contribution in [2.45, 2.75) is 5.92 Å². The molecule has 0 fully saturated rings. The van der Waals surface area contributed by atoms with Crippen LogP contribution in [0.4, 0.5) is 8.78 Å². The zero-order chi connectivity index (χ0) is 9.14. The lowest BCUT2D eigenvalue weighted by molar-refractivity contribution is 0.519. The van der Waals surface area contributed by atoms with Gasteiger partial charge < -0.3 is 10.7 Å². The molecule has 1 heterocycles. The zero-order valence-corrected chi connectivity index (χ0v) is 6.14. The average Bonchev–Trinajstić information content (AvgIpc) is 2.34. The predicted molar refractivity (Wildman–Crippen MR) is 39.1 cm³/mol. The van der Waals surface area contributed by atoms with Gasteiger partial charge in [0.15, 0.2) is 0 Å². The Morgan fingerprint density at radius 1 is 1.67 bits per heavy atom. The number of aromatic amines is 1. The Morgan fingerprint density at radius 2 is 2.33 bits per heavy atom. The summed E-state index contributed by atoms with van der Waals surface area (Å²) in [6.07, 6.45) is 4.04. The molecule has 3 nitrogen and oxygen atoms in total. The molecule has 0 saturated heterocycles. The van der Waals surface area contributed by atoms with Crippen LogP contribution < -0.4 is 5.73 Å². The smallest absolute Gasteiger partial charge is 0.289 e. The molecule has 0 aliphatic rings. The van der Waals surface area contributed by atoms with Crippen LogP contribution in [0, 0.1) is 24.4 Å². The maximum atomic E-state index is 12.7. The number of hydrogen-bond acceptors (Lipinski definition) is 2. The summed E-state index contributed by atoms with van der Waals surface area (Å²) in [5.74, 6) is 0.639. The third-order valence-corrected chi connectivity index (χ3v) is 1.44. The van der Waals surface area contributed by atoms with E-state index in [0.717, 1.165) is 0 Å². The molecule has 0 aliphatic carbocycles. The normalized spacial score (nSPS) is 12.5. The minimum atomic E-state index is -0.990. The van der Waals surface area contributed by atoms with Gasteiger partial charge >= 0.3 is 0 Å². The Kier molecular flexibility index (Phi) is 2.41. The molecule has 1 aromatic heterocycles. The van der Waals surface area contributed by atoms with Crippen LogP contribution in [0.25, 0.3) is 0 Å². The Labute approximate surface area is 68.0 Å². The topological polar surface area (TPSA) is 54.7 Å². The van der Waals surface area contributed by atoms with Gasteiger partial charge in [0.25, 0.3) is 6.08 Å². The van der Waals surface area contributed by atoms with E-state index in [1.807, 2.05) is 0 Å². The average molecular weight is 171 g/mol. The van der Waals surface area contributed by atoms with E-state index in [4.69, 9.17) is 12.2 Å². The van der Waals surface area contributed by atoms with Crippen LogP contribution >= 0.6 is 0 Å². The molecule has 64 valence electrons. The Bertz CT molecular complexity index is 313. The molecular formula is C7H7F2N3. The van der Waals surface area contributed by atoms with E-state index in [0.29, 0.717) is 0 Å². The number of aromatic nitrogens is 2. The number of hydrogen-bond donors (Lipinski definition) is 2. The summed E-state index contributed by atoms with van der Waals surface area (Å²) in [4.78, 5) is 4.96. The molecule has 5 heteroatoms. The summed E-state index contributed by atoms with van der Waals surface area (Å²) in [5, 5.41) is 0. The van der Waals surface area contributed by atoms with E-state index in [9.17, 15) is 8.78 Å². The lowest BCUT2D eigenvalue weighted by Crippen LogP contribution is -2.12. The molecule has 12 heavy (non-hydrogen) atoms. The Morgan fingerprint density at radius 3 is 2.67 bits per heavy atom. The quantitative estimate of drug-likeness (QED) is 0.631. The van der Waals surface area contributed by atoms with Crippen molar-refractivity contribution in [3.63, 3.8) is 0 Å². The van der Waals surface area contributed by atoms with E-state index in [2.05, 4.69) is 15.9 Å². The molecule has 0 bridgehead atoms. The first-order valence-electron chi connectivity index (χ1n) is 3.26. The third kappa shape index (κ3) is 1.43. The van der Waals surface area contributed by atoms with Gasteiger partial charge in [0.2, 0.25) is 5.95 Å². The van der Waals surface area contributed by atoms with Crippen molar-refractivity contribution < 1.29 is 8.78 Å². The van der Waals surface area contributed by atoms with Crippen molar-refractivity contribution >= 4 is 0 Å². The number of terminal acetylenes is 1. The van der Waals surface area contributed by atoms with Crippen LogP contribution in [-0.4, -0.2) is 16.5 Å². The fourth-order valence-corrected chi connectivity index (χ4v) is 0.837. The van der Waals surface area contributed by atoms with Crippen LogP contribution in [-0.2, 0) is 0 Å². The fourth-order valence-electron chi connectivity index (χ4n) is 0.837. The van der Waals surface area contributed by atoms with Gasteiger partial charge in [0, 0.05) is 6.54 Å². The minimum Gasteiger partial charge on any atom is -0.329 e. The number of nitrogens with one attached hydrogen (secondary N) is 1. The van der Waals surface area contributed by atoms with E-state index >= 15 is 0 Å². The summed E-state index contributed by atoms with van der Waals surface area (Å²) >= 11 is 0. The highest BCUT2D eigenvalue weighted by Crippen LogP contribution is 2.14. The summed E-state index contributed by atoms with van der Waals surface area (Å²) in [7, 11) is 0. The Hall–Kier alpha value is -1.41. The first kappa shape index (κ1) is 8.68. The molecule has 0 saturated carbocycles. The highest BCUT2D eigenvalue weighted by Gasteiger charge is 2.16. The maximum absolute atomic E-state index is 12.7. The van der Waals surface area contributed by atoms with Gasteiger partial charge in [0.05, 0.1) is 11.6 Å². The molecular weight excluding hydrogens is 164 g/mol. The second-order valence-electron chi connectivity index (χ2n) is 2.19. The van der Waals surface area contributed by atoms with E-state index in [1.54, 1.807) is 0 Å². The lowest BCUT2D eigenvalue weighted by atomic mass is 10.1. The van der Waals surface area contributed by atoms with Crippen LogP contribution in [0.3, 0.4) is 0 Å². The molecule has 0 aromatic carbocycles. The molecule has 1 unspecified atom stereocenters. The van der Waals surface area contributed by atoms with Crippen LogP contribution in [0.1, 0.15) is 11.6 Å². The van der Waals surface area contributed by atoms with Gasteiger partial charge in [-0.3, -0.25) is 0 Å². The van der Waals surface area contributed by atoms with Gasteiger partial charge in [-0.25, -0.2) is 0 Å². The summed E-state index contributed by atoms with van der Waals surface area (Å²) in [6.45, 7) is 0.0506. The largest absolute Gasteiger partial charge is 0.329 e. The first-order chi connectivity index (χ1) is 5.69. The number of rotatable bonds is 2. The molecule has 3 N–H and O–H groups in total. The highest BCUT2D eigenvalue weighted by atomic mass is 19.1. The van der Waals surface area contributed by atoms with E-state index < -0.39 is 17.9 Å². The molecule has 0 spiro atoms. The monoisotopic (exact) mass is 171 g/mol. The molecule has 0 radical (unpaired) electrons. The van der Waals surface area contributed by atoms with Gasteiger partial charge in [-0.15, -0.1) is 6.42 Å². The van der Waals surface area contributed by atoms with E-state index in [1.165, 1.54) is 0 Å². The van der Waals surface area contributed by atoms with Crippen molar-refractivity contribution in [1.82, 2.24) is 9.97 Å². The number of halogens is 2. The number of imidazole rings is 1. The minimum absolute atomic E-state index is 0.0506. The van der Waals surface area contributed by atoms with E-state index in [-0.39, 0.29) is 12.2 Å². The summed E-state index contributed by atoms with van der Waals surface area (Å²) in [6, 6.07) is 0. The predicted octanol–water partition coefficient (Wildman–Crippen LogP) is 0.363. The number of nitrogens with two attached hydrogens (primary N) is 1. The van der Waals surface area contributed by atoms with Crippen LogP contribution in [0.5, 0.6) is 0 Å². The Balaban J connectivity index is 3.02. The second-order valence-corrected chi connectivity index (χ2v) is 2.19. The summed E-state index contributed by atoms with van der Waals surface area (Å²) < 4.78 is 25.0. The second kappa shape index (κ2) is 3.32. The first-order valence-corrected chi connectivity index (χ1v) is 3.26. The fraction of sp³-hybridized carbons (Fsp3) is 0.286. The number of H-pyrrole nitrogens is 1. The van der Waals surface area contributed by atoms with Gasteiger partial charge in [-0.2, -0.15) is 13.8 Å². The molecule has 1 atom stereocenters. The lowest BCUT2D eigenvalue weighted by Gasteiger charge is -2.02. The van der Waals surface area contributed by atoms with Crippen molar-refractivity contribution in [2.24, 2.45) is 5.73 Å². The van der Waals surface area contributed by atoms with Gasteiger partial charge in [0.1, 0.15) is 0 Å². The van der Waals surface area contributed by atoms with Gasteiger partial charge in [-0.1, -0.05) is 5.92 Å². The molecule has 1 rings (SSSR count). The highest BCUT2D eigenvalue weighted by molar-refractivity contribution is 5.18. The molecule has 0 aliphatic heterocycles. The van der Waals surface area contributed by atoms with Crippen molar-refractivity contribution in [1.29, 1.82) is 0 Å².